The molecule has 0 heterocycles. The number of hydrogen-bond donors (Lipinski definition) is 0. The van der Waals surface area contributed by atoms with Crippen LogP contribution < -0.4 is 0 Å². The molecule has 0 N–H and O–H groups in total. The second kappa shape index (κ2) is 8.40. The third kappa shape index (κ3) is 5.64. The van der Waals surface area contributed by atoms with Gasteiger partial charge in [0.15, 0.2) is 5.78 Å². The Labute approximate surface area is 113 Å². The lowest BCUT2D eigenvalue weighted by Gasteiger charge is -2.00. The number of ketones is 2. The average molecular weight is 264 g/mol. The average Bonchev–Trinajstić information content (AvgIpc) is 2.79. The second-order valence-corrected chi connectivity index (χ2v) is 4.41. The van der Waals surface area contributed by atoms with Gasteiger partial charge in [-0.3, -0.25) is 9.59 Å². The van der Waals surface area contributed by atoms with Crippen molar-refractivity contribution >= 4 is 17.5 Å². The Kier molecular flexibility index (Phi) is 6.79. The van der Waals surface area contributed by atoms with Crippen molar-refractivity contribution in [2.75, 3.05) is 6.61 Å². The van der Waals surface area contributed by atoms with E-state index in [2.05, 4.69) is 4.74 Å². The summed E-state index contributed by atoms with van der Waals surface area (Å²) in [5.41, 5.74) is 0.794. The van der Waals surface area contributed by atoms with Gasteiger partial charge in [-0.15, -0.1) is 0 Å². The van der Waals surface area contributed by atoms with Gasteiger partial charge in [0.05, 0.1) is 6.61 Å². The minimum absolute atomic E-state index is 0.203. The SMILES string of the molecule is CCOC(=O)C(=O)CCCCC=CC1=CCCC1=O. The van der Waals surface area contributed by atoms with Crippen molar-refractivity contribution in [2.24, 2.45) is 0 Å². The molecule has 0 atom stereocenters. The Bertz CT molecular complexity index is 404. The van der Waals surface area contributed by atoms with E-state index in [1.54, 1.807) is 6.92 Å². The zero-order chi connectivity index (χ0) is 14.1. The number of carbonyl (C=O) groups excluding carboxylic acids is 3. The number of Topliss-reactive ketones (excluding diaryl/α,β-unsaturated/α-hetero) is 2. The largest absolute Gasteiger partial charge is 0.460 e. The van der Waals surface area contributed by atoms with Gasteiger partial charge >= 0.3 is 5.97 Å². The topological polar surface area (TPSA) is 60.4 Å². The third-order valence-electron chi connectivity index (χ3n) is 2.88. The Morgan fingerprint density at radius 2 is 2.16 bits per heavy atom. The van der Waals surface area contributed by atoms with Gasteiger partial charge in [-0.1, -0.05) is 18.2 Å². The van der Waals surface area contributed by atoms with E-state index in [0.29, 0.717) is 12.8 Å². The van der Waals surface area contributed by atoms with Crippen molar-refractivity contribution in [3.63, 3.8) is 0 Å². The van der Waals surface area contributed by atoms with Crippen LogP contribution in [0.25, 0.3) is 0 Å². The van der Waals surface area contributed by atoms with Gasteiger partial charge in [0.25, 0.3) is 0 Å². The molecule has 4 nitrogen and oxygen atoms in total. The van der Waals surface area contributed by atoms with Crippen LogP contribution in [0.5, 0.6) is 0 Å². The van der Waals surface area contributed by atoms with Crippen LogP contribution in [0.15, 0.2) is 23.8 Å². The highest BCUT2D eigenvalue weighted by molar-refractivity contribution is 6.33. The van der Waals surface area contributed by atoms with Gasteiger partial charge in [0, 0.05) is 18.4 Å². The smallest absolute Gasteiger partial charge is 0.374 e. The molecule has 0 aliphatic heterocycles. The third-order valence-corrected chi connectivity index (χ3v) is 2.88. The van der Waals surface area contributed by atoms with Crippen LogP contribution in [0.2, 0.25) is 0 Å². The molecule has 0 radical (unpaired) electrons. The summed E-state index contributed by atoms with van der Waals surface area (Å²) in [4.78, 5) is 33.6. The number of esters is 1. The maximum atomic E-state index is 11.3. The van der Waals surface area contributed by atoms with Crippen molar-refractivity contribution in [3.8, 4) is 0 Å². The second-order valence-electron chi connectivity index (χ2n) is 4.41. The molecule has 104 valence electrons. The molecule has 0 unspecified atom stereocenters. The van der Waals surface area contributed by atoms with E-state index in [9.17, 15) is 14.4 Å². The predicted molar refractivity (Wildman–Crippen MR) is 71.6 cm³/mol. The van der Waals surface area contributed by atoms with Gasteiger partial charge in [0.2, 0.25) is 5.78 Å². The lowest BCUT2D eigenvalue weighted by Crippen LogP contribution is -2.16. The maximum absolute atomic E-state index is 11.3. The lowest BCUT2D eigenvalue weighted by molar-refractivity contribution is -0.153. The first-order chi connectivity index (χ1) is 9.15. The number of hydrogen-bond acceptors (Lipinski definition) is 4. The van der Waals surface area contributed by atoms with Gasteiger partial charge in [-0.05, 0) is 32.6 Å². The summed E-state index contributed by atoms with van der Waals surface area (Å²) in [5, 5.41) is 0. The first-order valence-electron chi connectivity index (χ1n) is 6.75. The minimum Gasteiger partial charge on any atom is -0.460 e. The first kappa shape index (κ1) is 15.3. The first-order valence-corrected chi connectivity index (χ1v) is 6.75. The number of rotatable bonds is 8. The van der Waals surface area contributed by atoms with E-state index in [0.717, 1.165) is 24.8 Å². The molecule has 0 amide bonds. The van der Waals surface area contributed by atoms with E-state index in [4.69, 9.17) is 0 Å². The normalized spacial score (nSPS) is 14.8. The molecule has 0 aromatic rings. The van der Waals surface area contributed by atoms with E-state index >= 15 is 0 Å². The zero-order valence-electron chi connectivity index (χ0n) is 11.3. The molecule has 0 saturated heterocycles. The number of carbonyl (C=O) groups is 3. The molecule has 19 heavy (non-hydrogen) atoms. The van der Waals surface area contributed by atoms with Gasteiger partial charge in [0.1, 0.15) is 0 Å². The Hall–Kier alpha value is -1.71. The molecule has 4 heteroatoms. The summed E-state index contributed by atoms with van der Waals surface area (Å²) in [6.45, 7) is 1.91. The van der Waals surface area contributed by atoms with Crippen LogP contribution in [-0.4, -0.2) is 24.1 Å². The van der Waals surface area contributed by atoms with Crippen LogP contribution in [-0.2, 0) is 19.1 Å². The van der Waals surface area contributed by atoms with Crippen LogP contribution in [0, 0.1) is 0 Å². The monoisotopic (exact) mass is 264 g/mol. The van der Waals surface area contributed by atoms with Crippen molar-refractivity contribution in [1.29, 1.82) is 0 Å². The standard InChI is InChI=1S/C15H20O4/c1-2-19-15(18)14(17)10-6-4-3-5-8-12-9-7-11-13(12)16/h5,8-9H,2-4,6-7,10-11H2,1H3. The van der Waals surface area contributed by atoms with Crippen LogP contribution in [0.3, 0.4) is 0 Å². The summed E-state index contributed by atoms with van der Waals surface area (Å²) in [6, 6.07) is 0. The summed E-state index contributed by atoms with van der Waals surface area (Å²) < 4.78 is 4.61. The van der Waals surface area contributed by atoms with E-state index < -0.39 is 11.8 Å². The highest BCUT2D eigenvalue weighted by Crippen LogP contribution is 2.15. The lowest BCUT2D eigenvalue weighted by atomic mass is 10.1. The predicted octanol–water partition coefficient (Wildman–Crippen LogP) is 2.52. The minimum atomic E-state index is -0.736. The van der Waals surface area contributed by atoms with Crippen molar-refractivity contribution < 1.29 is 19.1 Å². The van der Waals surface area contributed by atoms with Crippen LogP contribution in [0.4, 0.5) is 0 Å². The summed E-state index contributed by atoms with van der Waals surface area (Å²) in [7, 11) is 0. The molecule has 0 spiro atoms. The fourth-order valence-corrected chi connectivity index (χ4v) is 1.85. The van der Waals surface area contributed by atoms with Crippen molar-refractivity contribution in [1.82, 2.24) is 0 Å². The molecule has 1 aliphatic rings. The maximum Gasteiger partial charge on any atom is 0.374 e. The number of ether oxygens (including phenoxy) is 1. The quantitative estimate of drug-likeness (QED) is 0.384. The zero-order valence-corrected chi connectivity index (χ0v) is 11.3. The number of unbranched alkanes of at least 4 members (excludes halogenated alkanes) is 2. The van der Waals surface area contributed by atoms with Gasteiger partial charge in [-0.25, -0.2) is 4.79 Å². The molecule has 0 bridgehead atoms. The summed E-state index contributed by atoms with van der Waals surface area (Å²) >= 11 is 0. The van der Waals surface area contributed by atoms with E-state index in [1.807, 2.05) is 18.2 Å². The molecule has 1 aliphatic carbocycles. The van der Waals surface area contributed by atoms with Gasteiger partial charge < -0.3 is 4.74 Å². The fourth-order valence-electron chi connectivity index (χ4n) is 1.85. The molecule has 0 saturated carbocycles. The Balaban J connectivity index is 2.11. The molecular weight excluding hydrogens is 244 g/mol. The highest BCUT2D eigenvalue weighted by Gasteiger charge is 2.13. The highest BCUT2D eigenvalue weighted by atomic mass is 16.5. The Morgan fingerprint density at radius 3 is 2.79 bits per heavy atom. The van der Waals surface area contributed by atoms with Crippen LogP contribution in [0.1, 0.15) is 45.4 Å². The summed E-state index contributed by atoms with van der Waals surface area (Å²) in [6.07, 6.45) is 9.73. The fraction of sp³-hybridized carbons (Fsp3) is 0.533. The van der Waals surface area contributed by atoms with Crippen molar-refractivity contribution in [2.45, 2.75) is 45.4 Å². The molecule has 0 aromatic carbocycles. The number of allylic oxidation sites excluding steroid dienone is 4. The molecule has 0 fully saturated rings. The summed E-state index contributed by atoms with van der Waals surface area (Å²) in [5.74, 6) is -0.993. The van der Waals surface area contributed by atoms with Crippen molar-refractivity contribution in [3.05, 3.63) is 23.8 Å². The van der Waals surface area contributed by atoms with Crippen LogP contribution >= 0.6 is 0 Å². The molecule has 1 rings (SSSR count). The van der Waals surface area contributed by atoms with Gasteiger partial charge in [-0.2, -0.15) is 0 Å². The molecular formula is C15H20O4. The van der Waals surface area contributed by atoms with E-state index in [-0.39, 0.29) is 18.8 Å². The van der Waals surface area contributed by atoms with E-state index in [1.165, 1.54) is 0 Å². The Morgan fingerprint density at radius 1 is 1.37 bits per heavy atom. The molecule has 0 aromatic heterocycles.